The third-order valence-corrected chi connectivity index (χ3v) is 4.28. The van der Waals surface area contributed by atoms with Gasteiger partial charge in [-0.15, -0.1) is 0 Å². The standard InChI is InChI=1S/C21H14ClNO3/c22-18-3-1-2-17-20(24)19(26-21(17)18)12-14-4-6-16(7-5-14)25-13-15-8-10-23-11-9-15/h1-12H,13H2/b19-12-. The molecule has 0 amide bonds. The molecule has 0 N–H and O–H groups in total. The first-order chi connectivity index (χ1) is 12.7. The minimum Gasteiger partial charge on any atom is -0.489 e. The van der Waals surface area contributed by atoms with Gasteiger partial charge in [-0.25, -0.2) is 0 Å². The monoisotopic (exact) mass is 363 g/mol. The van der Waals surface area contributed by atoms with Crippen LogP contribution in [0.25, 0.3) is 6.08 Å². The van der Waals surface area contributed by atoms with Crippen molar-refractivity contribution in [2.45, 2.75) is 6.61 Å². The Morgan fingerprint density at radius 1 is 1.04 bits per heavy atom. The molecule has 0 radical (unpaired) electrons. The van der Waals surface area contributed by atoms with Gasteiger partial charge in [0.25, 0.3) is 0 Å². The van der Waals surface area contributed by atoms with E-state index in [1.165, 1.54) is 0 Å². The molecule has 0 unspecified atom stereocenters. The van der Waals surface area contributed by atoms with E-state index >= 15 is 0 Å². The molecule has 0 saturated carbocycles. The van der Waals surface area contributed by atoms with Crippen LogP contribution in [0.3, 0.4) is 0 Å². The number of nitrogens with zero attached hydrogens (tertiary/aromatic N) is 1. The van der Waals surface area contributed by atoms with Crippen LogP contribution in [0.4, 0.5) is 0 Å². The molecular weight excluding hydrogens is 350 g/mol. The average Bonchev–Trinajstić information content (AvgIpc) is 2.99. The smallest absolute Gasteiger partial charge is 0.232 e. The van der Waals surface area contributed by atoms with E-state index < -0.39 is 0 Å². The Labute approximate surface area is 155 Å². The van der Waals surface area contributed by atoms with E-state index in [-0.39, 0.29) is 11.5 Å². The van der Waals surface area contributed by atoms with E-state index in [1.54, 1.807) is 36.7 Å². The largest absolute Gasteiger partial charge is 0.489 e. The molecule has 0 fully saturated rings. The molecule has 0 bridgehead atoms. The Morgan fingerprint density at radius 2 is 1.81 bits per heavy atom. The van der Waals surface area contributed by atoms with Crippen molar-refractivity contribution >= 4 is 23.5 Å². The second kappa shape index (κ2) is 7.02. The zero-order valence-corrected chi connectivity index (χ0v) is 14.4. The van der Waals surface area contributed by atoms with E-state index in [9.17, 15) is 4.79 Å². The van der Waals surface area contributed by atoms with Crippen molar-refractivity contribution < 1.29 is 14.3 Å². The summed E-state index contributed by atoms with van der Waals surface area (Å²) in [5.41, 5.74) is 2.38. The van der Waals surface area contributed by atoms with E-state index in [4.69, 9.17) is 21.1 Å². The number of rotatable bonds is 4. The normalized spacial score (nSPS) is 14.2. The number of halogens is 1. The number of carbonyl (C=O) groups excluding carboxylic acids is 1. The van der Waals surface area contributed by atoms with Gasteiger partial charge < -0.3 is 9.47 Å². The van der Waals surface area contributed by atoms with Crippen LogP contribution in [-0.2, 0) is 6.61 Å². The van der Waals surface area contributed by atoms with Crippen molar-refractivity contribution in [3.05, 3.63) is 94.5 Å². The third kappa shape index (κ3) is 3.32. The fraction of sp³-hybridized carbons (Fsp3) is 0.0476. The summed E-state index contributed by atoms with van der Waals surface area (Å²) >= 11 is 6.08. The Bertz CT molecular complexity index is 982. The maximum absolute atomic E-state index is 12.4. The summed E-state index contributed by atoms with van der Waals surface area (Å²) in [7, 11) is 0. The molecule has 1 aromatic heterocycles. The first-order valence-electron chi connectivity index (χ1n) is 8.05. The van der Waals surface area contributed by atoms with Crippen molar-refractivity contribution in [3.63, 3.8) is 0 Å². The molecule has 3 aromatic rings. The van der Waals surface area contributed by atoms with Crippen molar-refractivity contribution in [2.24, 2.45) is 0 Å². The number of aromatic nitrogens is 1. The molecule has 0 spiro atoms. The van der Waals surface area contributed by atoms with E-state index in [1.807, 2.05) is 36.4 Å². The first kappa shape index (κ1) is 16.4. The molecule has 2 aromatic carbocycles. The summed E-state index contributed by atoms with van der Waals surface area (Å²) in [6.07, 6.45) is 5.17. The number of allylic oxidation sites excluding steroid dienone is 1. The lowest BCUT2D eigenvalue weighted by Gasteiger charge is -2.06. The number of carbonyl (C=O) groups is 1. The molecule has 0 atom stereocenters. The van der Waals surface area contributed by atoms with Gasteiger partial charge in [0.15, 0.2) is 11.5 Å². The number of para-hydroxylation sites is 1. The Hall–Kier alpha value is -3.11. The molecule has 26 heavy (non-hydrogen) atoms. The van der Waals surface area contributed by atoms with Gasteiger partial charge in [-0.2, -0.15) is 0 Å². The van der Waals surface area contributed by atoms with Crippen molar-refractivity contribution in [2.75, 3.05) is 0 Å². The molecule has 0 aliphatic carbocycles. The summed E-state index contributed by atoms with van der Waals surface area (Å²) in [5.74, 6) is 1.26. The highest BCUT2D eigenvalue weighted by Crippen LogP contribution is 2.37. The molecule has 0 saturated heterocycles. The predicted molar refractivity (Wildman–Crippen MR) is 99.4 cm³/mol. The highest BCUT2D eigenvalue weighted by atomic mass is 35.5. The van der Waals surface area contributed by atoms with Crippen LogP contribution in [-0.4, -0.2) is 10.8 Å². The minimum atomic E-state index is -0.166. The lowest BCUT2D eigenvalue weighted by molar-refractivity contribution is 0.101. The molecule has 4 nitrogen and oxygen atoms in total. The quantitative estimate of drug-likeness (QED) is 0.617. The minimum absolute atomic E-state index is 0.166. The zero-order valence-electron chi connectivity index (χ0n) is 13.7. The number of fused-ring (bicyclic) bond motifs is 1. The van der Waals surface area contributed by atoms with Gasteiger partial charge in [0.05, 0.1) is 10.6 Å². The summed E-state index contributed by atoms with van der Waals surface area (Å²) in [6, 6.07) is 16.4. The van der Waals surface area contributed by atoms with Gasteiger partial charge in [0.2, 0.25) is 5.78 Å². The molecule has 1 aliphatic heterocycles. The maximum Gasteiger partial charge on any atom is 0.232 e. The van der Waals surface area contributed by atoms with Crippen LogP contribution in [0, 0.1) is 0 Å². The molecule has 2 heterocycles. The molecule has 128 valence electrons. The average molecular weight is 364 g/mol. The number of pyridine rings is 1. The summed E-state index contributed by atoms with van der Waals surface area (Å²) in [6.45, 7) is 0.471. The van der Waals surface area contributed by atoms with E-state index in [0.29, 0.717) is 22.9 Å². The van der Waals surface area contributed by atoms with Gasteiger partial charge in [-0.1, -0.05) is 29.8 Å². The van der Waals surface area contributed by atoms with Gasteiger partial charge in [0.1, 0.15) is 12.4 Å². The van der Waals surface area contributed by atoms with Crippen LogP contribution >= 0.6 is 11.6 Å². The molecular formula is C21H14ClNO3. The number of hydrogen-bond donors (Lipinski definition) is 0. The fourth-order valence-electron chi connectivity index (χ4n) is 2.63. The fourth-order valence-corrected chi connectivity index (χ4v) is 2.85. The number of hydrogen-bond acceptors (Lipinski definition) is 4. The SMILES string of the molecule is O=C1/C(=C/c2ccc(OCc3ccncc3)cc2)Oc2c(Cl)cccc21. The molecule has 4 rings (SSSR count). The van der Waals surface area contributed by atoms with Crippen LogP contribution in [0.2, 0.25) is 5.02 Å². The lowest BCUT2D eigenvalue weighted by Crippen LogP contribution is -1.98. The van der Waals surface area contributed by atoms with E-state index in [2.05, 4.69) is 4.98 Å². The van der Waals surface area contributed by atoms with Crippen LogP contribution < -0.4 is 9.47 Å². The first-order valence-corrected chi connectivity index (χ1v) is 8.43. The van der Waals surface area contributed by atoms with Gasteiger partial charge in [0, 0.05) is 12.4 Å². The summed E-state index contributed by atoms with van der Waals surface area (Å²) in [5, 5.41) is 0.430. The molecule has 5 heteroatoms. The summed E-state index contributed by atoms with van der Waals surface area (Å²) in [4.78, 5) is 16.4. The van der Waals surface area contributed by atoms with E-state index in [0.717, 1.165) is 16.9 Å². The van der Waals surface area contributed by atoms with Gasteiger partial charge in [-0.05, 0) is 53.6 Å². The number of ether oxygens (including phenoxy) is 2. The second-order valence-electron chi connectivity index (χ2n) is 5.77. The second-order valence-corrected chi connectivity index (χ2v) is 6.18. The van der Waals surface area contributed by atoms with Gasteiger partial charge >= 0.3 is 0 Å². The number of ketones is 1. The Kier molecular flexibility index (Phi) is 4.42. The number of Topliss-reactive ketones (excluding diaryl/α,β-unsaturated/α-hetero) is 1. The topological polar surface area (TPSA) is 48.4 Å². The van der Waals surface area contributed by atoms with Crippen molar-refractivity contribution in [1.82, 2.24) is 4.98 Å². The van der Waals surface area contributed by atoms with Crippen LogP contribution in [0.1, 0.15) is 21.5 Å². The molecule has 1 aliphatic rings. The Morgan fingerprint density at radius 3 is 2.54 bits per heavy atom. The third-order valence-electron chi connectivity index (χ3n) is 3.98. The van der Waals surface area contributed by atoms with Crippen molar-refractivity contribution in [3.8, 4) is 11.5 Å². The predicted octanol–water partition coefficient (Wildman–Crippen LogP) is 4.93. The van der Waals surface area contributed by atoms with Crippen LogP contribution in [0.15, 0.2) is 72.8 Å². The maximum atomic E-state index is 12.4. The Balaban J connectivity index is 1.47. The lowest BCUT2D eigenvalue weighted by atomic mass is 10.1. The highest BCUT2D eigenvalue weighted by molar-refractivity contribution is 6.33. The van der Waals surface area contributed by atoms with Gasteiger partial charge in [-0.3, -0.25) is 9.78 Å². The zero-order chi connectivity index (χ0) is 17.9. The number of benzene rings is 2. The van der Waals surface area contributed by atoms with Crippen molar-refractivity contribution in [1.29, 1.82) is 0 Å². The van der Waals surface area contributed by atoms with Crippen LogP contribution in [0.5, 0.6) is 11.5 Å². The highest BCUT2D eigenvalue weighted by Gasteiger charge is 2.28. The summed E-state index contributed by atoms with van der Waals surface area (Å²) < 4.78 is 11.4.